The highest BCUT2D eigenvalue weighted by Gasteiger charge is 2.03. The Labute approximate surface area is 90.6 Å². The van der Waals surface area contributed by atoms with Crippen LogP contribution in [0.5, 0.6) is 5.75 Å². The summed E-state index contributed by atoms with van der Waals surface area (Å²) in [5.41, 5.74) is 0.164. The van der Waals surface area contributed by atoms with Gasteiger partial charge in [-0.15, -0.1) is 0 Å². The summed E-state index contributed by atoms with van der Waals surface area (Å²) in [6.45, 7) is 0. The lowest BCUT2D eigenvalue weighted by molar-refractivity contribution is 0.476. The molecule has 3 nitrogen and oxygen atoms in total. The Morgan fingerprint density at radius 2 is 1.75 bits per heavy atom. The Morgan fingerprint density at radius 3 is 2.62 bits per heavy atom. The second kappa shape index (κ2) is 3.10. The zero-order chi connectivity index (χ0) is 11.1. The minimum Gasteiger partial charge on any atom is -0.508 e. The predicted octanol–water partition coefficient (Wildman–Crippen LogP) is 2.65. The summed E-state index contributed by atoms with van der Waals surface area (Å²) in [5, 5.41) is 12.2. The molecule has 0 spiro atoms. The molecule has 0 amide bonds. The van der Waals surface area contributed by atoms with Gasteiger partial charge in [0.1, 0.15) is 11.3 Å². The van der Waals surface area contributed by atoms with Crippen LogP contribution in [0.15, 0.2) is 51.7 Å². The molecule has 16 heavy (non-hydrogen) atoms. The molecule has 3 aromatic rings. The van der Waals surface area contributed by atoms with Crippen molar-refractivity contribution >= 4 is 21.7 Å². The maximum Gasteiger partial charge on any atom is 0.336 e. The third-order valence-electron chi connectivity index (χ3n) is 2.60. The molecule has 1 aromatic heterocycles. The fraction of sp³-hybridized carbons (Fsp3) is 0. The van der Waals surface area contributed by atoms with Crippen molar-refractivity contribution < 1.29 is 9.52 Å². The maximum atomic E-state index is 11.1. The molecule has 0 aliphatic heterocycles. The Kier molecular flexibility index (Phi) is 1.74. The van der Waals surface area contributed by atoms with Gasteiger partial charge in [0.15, 0.2) is 0 Å². The summed E-state index contributed by atoms with van der Waals surface area (Å²) in [5.74, 6) is 0.200. The van der Waals surface area contributed by atoms with Gasteiger partial charge in [-0.1, -0.05) is 12.1 Å². The van der Waals surface area contributed by atoms with Crippen LogP contribution in [-0.2, 0) is 0 Å². The first-order valence-electron chi connectivity index (χ1n) is 4.90. The predicted molar refractivity (Wildman–Crippen MR) is 61.7 cm³/mol. The molecule has 1 heterocycles. The van der Waals surface area contributed by atoms with E-state index in [1.54, 1.807) is 24.3 Å². The van der Waals surface area contributed by atoms with Gasteiger partial charge in [0, 0.05) is 11.5 Å². The van der Waals surface area contributed by atoms with Crippen molar-refractivity contribution in [3.63, 3.8) is 0 Å². The molecule has 3 rings (SSSR count). The van der Waals surface area contributed by atoms with Gasteiger partial charge in [-0.05, 0) is 35.0 Å². The SMILES string of the molecule is O=c1ccc2c(ccc3ccc(O)cc32)o1. The maximum absolute atomic E-state index is 11.1. The molecule has 78 valence electrons. The largest absolute Gasteiger partial charge is 0.508 e. The van der Waals surface area contributed by atoms with E-state index in [1.807, 2.05) is 12.1 Å². The Balaban J connectivity index is 2.57. The van der Waals surface area contributed by atoms with Crippen LogP contribution in [0.3, 0.4) is 0 Å². The van der Waals surface area contributed by atoms with Crippen LogP contribution in [0.1, 0.15) is 0 Å². The summed E-state index contributed by atoms with van der Waals surface area (Å²) >= 11 is 0. The van der Waals surface area contributed by atoms with Gasteiger partial charge in [-0.3, -0.25) is 0 Å². The number of phenols is 1. The van der Waals surface area contributed by atoms with Crippen LogP contribution in [-0.4, -0.2) is 5.11 Å². The fourth-order valence-corrected chi connectivity index (χ4v) is 1.87. The molecule has 1 N–H and O–H groups in total. The Bertz CT molecular complexity index is 741. The highest BCUT2D eigenvalue weighted by Crippen LogP contribution is 2.27. The molecule has 0 aliphatic carbocycles. The van der Waals surface area contributed by atoms with Gasteiger partial charge in [-0.25, -0.2) is 4.79 Å². The van der Waals surface area contributed by atoms with E-state index in [-0.39, 0.29) is 11.4 Å². The van der Waals surface area contributed by atoms with Crippen LogP contribution in [0.4, 0.5) is 0 Å². The first-order chi connectivity index (χ1) is 7.74. The quantitative estimate of drug-likeness (QED) is 0.460. The van der Waals surface area contributed by atoms with Crippen molar-refractivity contribution in [3.8, 4) is 5.75 Å². The van der Waals surface area contributed by atoms with E-state index in [2.05, 4.69) is 0 Å². The number of hydrogen-bond acceptors (Lipinski definition) is 3. The Hall–Kier alpha value is -2.29. The molecule has 0 fully saturated rings. The van der Waals surface area contributed by atoms with Crippen LogP contribution >= 0.6 is 0 Å². The summed E-state index contributed by atoms with van der Waals surface area (Å²) < 4.78 is 5.07. The number of phenolic OH excluding ortho intramolecular Hbond substituents is 1. The second-order valence-electron chi connectivity index (χ2n) is 3.64. The third kappa shape index (κ3) is 1.26. The summed E-state index contributed by atoms with van der Waals surface area (Å²) in [6, 6.07) is 11.8. The molecule has 0 atom stereocenters. The van der Waals surface area contributed by atoms with Crippen molar-refractivity contribution in [2.75, 3.05) is 0 Å². The monoisotopic (exact) mass is 212 g/mol. The van der Waals surface area contributed by atoms with E-state index in [0.717, 1.165) is 16.2 Å². The van der Waals surface area contributed by atoms with E-state index in [0.29, 0.717) is 5.58 Å². The highest BCUT2D eigenvalue weighted by atomic mass is 16.4. The van der Waals surface area contributed by atoms with Crippen molar-refractivity contribution in [1.29, 1.82) is 0 Å². The fourth-order valence-electron chi connectivity index (χ4n) is 1.87. The minimum atomic E-state index is -0.369. The summed E-state index contributed by atoms with van der Waals surface area (Å²) in [4.78, 5) is 11.1. The van der Waals surface area contributed by atoms with Crippen molar-refractivity contribution in [2.45, 2.75) is 0 Å². The van der Waals surface area contributed by atoms with Crippen molar-refractivity contribution in [2.24, 2.45) is 0 Å². The topological polar surface area (TPSA) is 50.4 Å². The van der Waals surface area contributed by atoms with Gasteiger partial charge >= 0.3 is 5.63 Å². The highest BCUT2D eigenvalue weighted by molar-refractivity contribution is 6.05. The van der Waals surface area contributed by atoms with Gasteiger partial charge in [-0.2, -0.15) is 0 Å². The lowest BCUT2D eigenvalue weighted by Crippen LogP contribution is -1.94. The molecule has 0 bridgehead atoms. The van der Waals surface area contributed by atoms with Crippen LogP contribution in [0.25, 0.3) is 21.7 Å². The van der Waals surface area contributed by atoms with Crippen LogP contribution < -0.4 is 5.63 Å². The third-order valence-corrected chi connectivity index (χ3v) is 2.60. The smallest absolute Gasteiger partial charge is 0.336 e. The molecular formula is C13H8O3. The minimum absolute atomic E-state index is 0.200. The van der Waals surface area contributed by atoms with Crippen molar-refractivity contribution in [3.05, 3.63) is 52.9 Å². The van der Waals surface area contributed by atoms with Gasteiger partial charge in [0.25, 0.3) is 0 Å². The van der Waals surface area contributed by atoms with E-state index < -0.39 is 0 Å². The number of rotatable bonds is 0. The molecule has 3 heteroatoms. The van der Waals surface area contributed by atoms with Gasteiger partial charge in [0.2, 0.25) is 0 Å². The van der Waals surface area contributed by atoms with Crippen LogP contribution in [0.2, 0.25) is 0 Å². The van der Waals surface area contributed by atoms with Crippen LogP contribution in [0, 0.1) is 0 Å². The molecule has 0 radical (unpaired) electrons. The van der Waals surface area contributed by atoms with E-state index in [1.165, 1.54) is 6.07 Å². The van der Waals surface area contributed by atoms with Gasteiger partial charge < -0.3 is 9.52 Å². The molecule has 2 aromatic carbocycles. The average Bonchev–Trinajstić information content (AvgIpc) is 2.28. The van der Waals surface area contributed by atoms with Crippen molar-refractivity contribution in [1.82, 2.24) is 0 Å². The average molecular weight is 212 g/mol. The number of benzene rings is 2. The normalized spacial score (nSPS) is 11.0. The summed E-state index contributed by atoms with van der Waals surface area (Å²) in [7, 11) is 0. The van der Waals surface area contributed by atoms with E-state index in [9.17, 15) is 9.90 Å². The standard InChI is InChI=1S/C13H8O3/c14-9-3-1-8-2-5-12-10(11(8)7-9)4-6-13(15)16-12/h1-7,14H. The van der Waals surface area contributed by atoms with Gasteiger partial charge in [0.05, 0.1) is 0 Å². The second-order valence-corrected chi connectivity index (χ2v) is 3.64. The first kappa shape index (κ1) is 8.97. The number of hydrogen-bond donors (Lipinski definition) is 1. The Morgan fingerprint density at radius 1 is 0.938 bits per heavy atom. The lowest BCUT2D eigenvalue weighted by Gasteiger charge is -2.02. The van der Waals surface area contributed by atoms with E-state index in [4.69, 9.17) is 4.42 Å². The molecular weight excluding hydrogens is 204 g/mol. The zero-order valence-corrected chi connectivity index (χ0v) is 8.31. The molecule has 0 saturated heterocycles. The zero-order valence-electron chi connectivity index (χ0n) is 8.31. The number of aromatic hydroxyl groups is 1. The first-order valence-corrected chi connectivity index (χ1v) is 4.90. The molecule has 0 unspecified atom stereocenters. The molecule has 0 aliphatic rings. The molecule has 0 saturated carbocycles. The number of fused-ring (bicyclic) bond motifs is 3. The van der Waals surface area contributed by atoms with E-state index >= 15 is 0 Å². The summed E-state index contributed by atoms with van der Waals surface area (Å²) in [6.07, 6.45) is 0. The lowest BCUT2D eigenvalue weighted by atomic mass is 10.1.